The third-order valence-corrected chi connectivity index (χ3v) is 7.80. The van der Waals surface area contributed by atoms with Crippen molar-refractivity contribution >= 4 is 15.9 Å². The van der Waals surface area contributed by atoms with E-state index in [-0.39, 0.29) is 16.5 Å². The molecule has 3 atom stereocenters. The van der Waals surface area contributed by atoms with E-state index in [4.69, 9.17) is 0 Å². The lowest BCUT2D eigenvalue weighted by Crippen LogP contribution is -2.44. The third kappa shape index (κ3) is 3.78. The van der Waals surface area contributed by atoms with Crippen molar-refractivity contribution in [3.63, 3.8) is 0 Å². The summed E-state index contributed by atoms with van der Waals surface area (Å²) in [7, 11) is -3.68. The number of rotatable bonds is 4. The fraction of sp³-hybridized carbons (Fsp3) is 0.632. The molecule has 1 N–H and O–H groups in total. The van der Waals surface area contributed by atoms with Gasteiger partial charge < -0.3 is 5.32 Å². The minimum Gasteiger partial charge on any atom is -0.349 e. The quantitative estimate of drug-likeness (QED) is 0.870. The molecule has 3 unspecified atom stereocenters. The average molecular weight is 383 g/mol. The summed E-state index contributed by atoms with van der Waals surface area (Å²) in [5.41, 5.74) is -0.198. The van der Waals surface area contributed by atoms with Crippen molar-refractivity contribution < 1.29 is 17.6 Å². The number of benzene rings is 1. The SMILES string of the molecule is CC1CCCC(NC(=O)c2cc(S(=O)(=O)N3CCCC3)ccc2F)C1C. The molecule has 0 radical (unpaired) electrons. The second-order valence-electron chi connectivity index (χ2n) is 7.60. The number of carbonyl (C=O) groups is 1. The van der Waals surface area contributed by atoms with Crippen LogP contribution in [-0.2, 0) is 10.0 Å². The smallest absolute Gasteiger partial charge is 0.254 e. The highest BCUT2D eigenvalue weighted by Gasteiger charge is 2.31. The molecule has 1 aliphatic carbocycles. The first-order valence-electron chi connectivity index (χ1n) is 9.41. The van der Waals surface area contributed by atoms with Crippen molar-refractivity contribution in [2.45, 2.75) is 56.9 Å². The first-order chi connectivity index (χ1) is 12.3. The highest BCUT2D eigenvalue weighted by molar-refractivity contribution is 7.89. The monoisotopic (exact) mass is 382 g/mol. The fourth-order valence-corrected chi connectivity index (χ4v) is 5.49. The van der Waals surface area contributed by atoms with Gasteiger partial charge in [0.2, 0.25) is 10.0 Å². The van der Waals surface area contributed by atoms with Gasteiger partial charge in [-0.15, -0.1) is 0 Å². The van der Waals surface area contributed by atoms with Gasteiger partial charge in [0.15, 0.2) is 0 Å². The predicted molar refractivity (Wildman–Crippen MR) is 97.8 cm³/mol. The zero-order valence-corrected chi connectivity index (χ0v) is 16.2. The van der Waals surface area contributed by atoms with Crippen LogP contribution in [-0.4, -0.2) is 37.8 Å². The van der Waals surface area contributed by atoms with E-state index < -0.39 is 21.7 Å². The van der Waals surface area contributed by atoms with Crippen LogP contribution in [0.2, 0.25) is 0 Å². The van der Waals surface area contributed by atoms with E-state index in [1.807, 2.05) is 0 Å². The van der Waals surface area contributed by atoms with E-state index in [0.29, 0.717) is 24.9 Å². The molecule has 7 heteroatoms. The summed E-state index contributed by atoms with van der Waals surface area (Å²) in [5, 5.41) is 2.92. The van der Waals surface area contributed by atoms with E-state index in [1.165, 1.54) is 16.4 Å². The van der Waals surface area contributed by atoms with Gasteiger partial charge in [-0.1, -0.05) is 26.7 Å². The minimum absolute atomic E-state index is 0.00973. The number of nitrogens with zero attached hydrogens (tertiary/aromatic N) is 1. The van der Waals surface area contributed by atoms with Crippen LogP contribution in [0.5, 0.6) is 0 Å². The molecule has 1 aromatic rings. The lowest BCUT2D eigenvalue weighted by atomic mass is 9.78. The van der Waals surface area contributed by atoms with Crippen LogP contribution in [0, 0.1) is 17.7 Å². The van der Waals surface area contributed by atoms with Crippen molar-refractivity contribution in [3.05, 3.63) is 29.6 Å². The molecule has 0 aromatic heterocycles. The molecule has 1 aliphatic heterocycles. The van der Waals surface area contributed by atoms with Crippen molar-refractivity contribution in [3.8, 4) is 0 Å². The Bertz CT molecular complexity index is 775. The standard InChI is InChI=1S/C19H27FN2O3S/c1-13-6-5-7-18(14(13)2)21-19(23)16-12-15(8-9-17(16)20)26(24,25)22-10-3-4-11-22/h8-9,12-14,18H,3-7,10-11H2,1-2H3,(H,21,23). The highest BCUT2D eigenvalue weighted by atomic mass is 32.2. The topological polar surface area (TPSA) is 66.5 Å². The lowest BCUT2D eigenvalue weighted by molar-refractivity contribution is 0.0886. The first-order valence-corrected chi connectivity index (χ1v) is 10.9. The second-order valence-corrected chi connectivity index (χ2v) is 9.54. The van der Waals surface area contributed by atoms with Crippen LogP contribution in [0.3, 0.4) is 0 Å². The molecular weight excluding hydrogens is 355 g/mol. The van der Waals surface area contributed by atoms with E-state index in [0.717, 1.165) is 38.2 Å². The molecule has 1 saturated carbocycles. The number of carbonyl (C=O) groups excluding carboxylic acids is 1. The summed E-state index contributed by atoms with van der Waals surface area (Å²) in [6.45, 7) is 5.20. The summed E-state index contributed by atoms with van der Waals surface area (Å²) in [6, 6.07) is 3.48. The van der Waals surface area contributed by atoms with Gasteiger partial charge in [-0.3, -0.25) is 4.79 Å². The van der Waals surface area contributed by atoms with Gasteiger partial charge in [0, 0.05) is 19.1 Å². The Hall–Kier alpha value is -1.47. The Morgan fingerprint density at radius 1 is 1.15 bits per heavy atom. The molecule has 5 nitrogen and oxygen atoms in total. The van der Waals surface area contributed by atoms with Gasteiger partial charge in [0.1, 0.15) is 5.82 Å². The maximum absolute atomic E-state index is 14.2. The molecule has 1 heterocycles. The summed E-state index contributed by atoms with van der Waals surface area (Å²) in [5.74, 6) is -0.417. The van der Waals surface area contributed by atoms with Crippen molar-refractivity contribution in [1.29, 1.82) is 0 Å². The van der Waals surface area contributed by atoms with Crippen molar-refractivity contribution in [1.82, 2.24) is 9.62 Å². The number of sulfonamides is 1. The van der Waals surface area contributed by atoms with Gasteiger partial charge in [-0.2, -0.15) is 4.31 Å². The Balaban J connectivity index is 1.82. The second kappa shape index (κ2) is 7.64. The van der Waals surface area contributed by atoms with Crippen molar-refractivity contribution in [2.24, 2.45) is 11.8 Å². The predicted octanol–water partition coefficient (Wildman–Crippen LogP) is 3.16. The number of nitrogens with one attached hydrogen (secondary N) is 1. The molecule has 1 saturated heterocycles. The summed E-state index contributed by atoms with van der Waals surface area (Å²) in [4.78, 5) is 12.6. The summed E-state index contributed by atoms with van der Waals surface area (Å²) >= 11 is 0. The number of hydrogen-bond acceptors (Lipinski definition) is 3. The van der Waals surface area contributed by atoms with Crippen LogP contribution in [0.25, 0.3) is 0 Å². The highest BCUT2D eigenvalue weighted by Crippen LogP contribution is 2.30. The Morgan fingerprint density at radius 3 is 2.54 bits per heavy atom. The molecular formula is C19H27FN2O3S. The molecule has 0 bridgehead atoms. The zero-order valence-electron chi connectivity index (χ0n) is 15.4. The van der Waals surface area contributed by atoms with Gasteiger partial charge in [-0.25, -0.2) is 12.8 Å². The number of amides is 1. The van der Waals surface area contributed by atoms with E-state index in [9.17, 15) is 17.6 Å². The van der Waals surface area contributed by atoms with Gasteiger partial charge >= 0.3 is 0 Å². The third-order valence-electron chi connectivity index (χ3n) is 5.91. The molecule has 144 valence electrons. The molecule has 2 fully saturated rings. The normalized spacial score (nSPS) is 27.4. The Morgan fingerprint density at radius 2 is 1.85 bits per heavy atom. The van der Waals surface area contributed by atoms with Crippen LogP contribution < -0.4 is 5.32 Å². The van der Waals surface area contributed by atoms with Gasteiger partial charge in [0.05, 0.1) is 10.5 Å². The summed E-state index contributed by atoms with van der Waals surface area (Å²) in [6.07, 6.45) is 4.68. The molecule has 2 aliphatic rings. The molecule has 3 rings (SSSR count). The Labute approximate surface area is 155 Å². The van der Waals surface area contributed by atoms with Crippen LogP contribution in [0.15, 0.2) is 23.1 Å². The Kier molecular flexibility index (Phi) is 5.67. The number of halogens is 1. The molecule has 1 aromatic carbocycles. The van der Waals surface area contributed by atoms with E-state index in [2.05, 4.69) is 19.2 Å². The van der Waals surface area contributed by atoms with Gasteiger partial charge in [0.25, 0.3) is 5.91 Å². The molecule has 26 heavy (non-hydrogen) atoms. The van der Waals surface area contributed by atoms with Crippen molar-refractivity contribution in [2.75, 3.05) is 13.1 Å². The summed E-state index contributed by atoms with van der Waals surface area (Å²) < 4.78 is 41.0. The van der Waals surface area contributed by atoms with E-state index in [1.54, 1.807) is 0 Å². The maximum atomic E-state index is 14.2. The first kappa shape index (κ1) is 19.3. The van der Waals surface area contributed by atoms with Crippen LogP contribution in [0.1, 0.15) is 56.3 Å². The lowest BCUT2D eigenvalue weighted by Gasteiger charge is -2.34. The van der Waals surface area contributed by atoms with Crippen LogP contribution in [0.4, 0.5) is 4.39 Å². The largest absolute Gasteiger partial charge is 0.349 e. The average Bonchev–Trinajstić information content (AvgIpc) is 3.14. The van der Waals surface area contributed by atoms with Gasteiger partial charge in [-0.05, 0) is 49.3 Å². The van der Waals surface area contributed by atoms with E-state index >= 15 is 0 Å². The molecule has 1 amide bonds. The maximum Gasteiger partial charge on any atom is 0.254 e. The molecule has 0 spiro atoms. The van der Waals surface area contributed by atoms with Crippen LogP contribution >= 0.6 is 0 Å². The fourth-order valence-electron chi connectivity index (χ4n) is 3.95. The minimum atomic E-state index is -3.68. The number of hydrogen-bond donors (Lipinski definition) is 1. The zero-order chi connectivity index (χ0) is 18.9.